The minimum atomic E-state index is -1.75. The molecule has 0 unspecified atom stereocenters. The van der Waals surface area contributed by atoms with Crippen molar-refractivity contribution >= 4 is 17.5 Å². The lowest BCUT2D eigenvalue weighted by Gasteiger charge is -2.40. The number of fused-ring (bicyclic) bond motifs is 1. The number of aliphatic hydroxyl groups is 2. The molecule has 0 spiro atoms. The number of benzene rings is 3. The van der Waals surface area contributed by atoms with Crippen molar-refractivity contribution in [2.45, 2.75) is 69.8 Å². The Morgan fingerprint density at radius 2 is 1.74 bits per heavy atom. The van der Waals surface area contributed by atoms with E-state index in [-0.39, 0.29) is 31.6 Å². The van der Waals surface area contributed by atoms with Crippen LogP contribution in [0.15, 0.2) is 66.7 Å². The van der Waals surface area contributed by atoms with Crippen LogP contribution in [0.1, 0.15) is 54.0 Å². The van der Waals surface area contributed by atoms with Crippen molar-refractivity contribution in [3.8, 4) is 11.5 Å². The number of halogens is 1. The van der Waals surface area contributed by atoms with Crippen molar-refractivity contribution in [1.29, 1.82) is 0 Å². The first kappa shape index (κ1) is 27.5. The first-order valence-electron chi connectivity index (χ1n) is 13.4. The van der Waals surface area contributed by atoms with Gasteiger partial charge < -0.3 is 29.3 Å². The minimum Gasteiger partial charge on any atom is -0.493 e. The van der Waals surface area contributed by atoms with Gasteiger partial charge in [-0.3, -0.25) is 4.79 Å². The Labute approximate surface area is 233 Å². The van der Waals surface area contributed by atoms with Crippen molar-refractivity contribution in [1.82, 2.24) is 4.90 Å². The molecular weight excluding hydrogens is 518 g/mol. The van der Waals surface area contributed by atoms with Gasteiger partial charge in [-0.2, -0.15) is 0 Å². The number of rotatable bonds is 9. The van der Waals surface area contributed by atoms with Crippen molar-refractivity contribution in [3.05, 3.63) is 94.0 Å². The molecule has 1 aliphatic carbocycles. The van der Waals surface area contributed by atoms with E-state index in [0.29, 0.717) is 16.5 Å². The summed E-state index contributed by atoms with van der Waals surface area (Å²) in [5.74, 6) is 0.793. The quantitative estimate of drug-likeness (QED) is 0.356. The zero-order valence-corrected chi connectivity index (χ0v) is 22.7. The van der Waals surface area contributed by atoms with E-state index < -0.39 is 18.4 Å². The van der Waals surface area contributed by atoms with Crippen LogP contribution in [0.3, 0.4) is 0 Å². The summed E-state index contributed by atoms with van der Waals surface area (Å²) < 4.78 is 18.2. The molecule has 2 atom stereocenters. The van der Waals surface area contributed by atoms with Crippen molar-refractivity contribution in [3.63, 3.8) is 0 Å². The van der Waals surface area contributed by atoms with Gasteiger partial charge in [-0.15, -0.1) is 0 Å². The maximum atomic E-state index is 14.1. The zero-order valence-electron chi connectivity index (χ0n) is 22.0. The molecule has 1 fully saturated rings. The molecule has 1 amide bonds. The first-order valence-corrected chi connectivity index (χ1v) is 13.8. The Hall–Kier alpha value is -3.10. The van der Waals surface area contributed by atoms with Gasteiger partial charge in [-0.05, 0) is 47.7 Å². The van der Waals surface area contributed by atoms with E-state index in [1.807, 2.05) is 54.6 Å². The predicted octanol–water partition coefficient (Wildman–Crippen LogP) is 5.19. The fourth-order valence-corrected chi connectivity index (χ4v) is 5.60. The largest absolute Gasteiger partial charge is 0.493 e. The number of hydrogen-bond acceptors (Lipinski definition) is 6. The molecule has 206 valence electrons. The number of amides is 1. The predicted molar refractivity (Wildman–Crippen MR) is 148 cm³/mol. The summed E-state index contributed by atoms with van der Waals surface area (Å²) in [6.07, 6.45) is 1.62. The van der Waals surface area contributed by atoms with E-state index in [1.54, 1.807) is 19.2 Å². The van der Waals surface area contributed by atoms with E-state index in [2.05, 4.69) is 0 Å². The van der Waals surface area contributed by atoms with Gasteiger partial charge in [0.05, 0.1) is 19.3 Å². The molecule has 1 saturated carbocycles. The molecule has 0 radical (unpaired) electrons. The second kappa shape index (κ2) is 12.4. The highest BCUT2D eigenvalue weighted by Crippen LogP contribution is 2.40. The monoisotopic (exact) mass is 551 g/mol. The van der Waals surface area contributed by atoms with E-state index in [0.717, 1.165) is 47.9 Å². The molecule has 1 heterocycles. The zero-order chi connectivity index (χ0) is 27.4. The average Bonchev–Trinajstić information content (AvgIpc) is 3.48. The number of nitrogens with zero attached hydrogens (tertiary/aromatic N) is 1. The second-order valence-corrected chi connectivity index (χ2v) is 10.6. The van der Waals surface area contributed by atoms with Crippen LogP contribution in [0.2, 0.25) is 5.02 Å². The maximum Gasteiger partial charge on any atom is 0.257 e. The van der Waals surface area contributed by atoms with Crippen LogP contribution >= 0.6 is 11.6 Å². The highest BCUT2D eigenvalue weighted by molar-refractivity contribution is 6.30. The fraction of sp³-hybridized carbons (Fsp3) is 0.387. The van der Waals surface area contributed by atoms with Crippen LogP contribution in [0.4, 0.5) is 0 Å². The molecule has 1 aliphatic heterocycles. The number of carbonyl (C=O) groups excluding carboxylic acids is 1. The summed E-state index contributed by atoms with van der Waals surface area (Å²) in [7, 11) is 1.57. The lowest BCUT2D eigenvalue weighted by molar-refractivity contribution is -0.164. The topological polar surface area (TPSA) is 88.5 Å². The minimum absolute atomic E-state index is 0.00543. The molecule has 0 bridgehead atoms. The van der Waals surface area contributed by atoms with Crippen LogP contribution in [-0.4, -0.2) is 46.6 Å². The molecule has 3 aromatic rings. The lowest BCUT2D eigenvalue weighted by atomic mass is 9.91. The fourth-order valence-electron chi connectivity index (χ4n) is 5.48. The van der Waals surface area contributed by atoms with Crippen molar-refractivity contribution in [2.75, 3.05) is 7.11 Å². The van der Waals surface area contributed by atoms with Gasteiger partial charge in [0.2, 0.25) is 0 Å². The maximum absolute atomic E-state index is 14.1. The Balaban J connectivity index is 1.45. The van der Waals surface area contributed by atoms with Crippen LogP contribution < -0.4 is 9.47 Å². The Bertz CT molecular complexity index is 1260. The van der Waals surface area contributed by atoms with Crippen LogP contribution in [0.25, 0.3) is 0 Å². The van der Waals surface area contributed by atoms with Gasteiger partial charge in [0, 0.05) is 23.6 Å². The number of methoxy groups -OCH3 is 1. The SMILES string of the molecule is COc1ccc2c(c1OCc1ccc(Cl)cc1)C[C@@H](C(O)O)N(C(=O)[C@H](OC1CCCC1)c1ccccc1)C2. The number of hydrogen-bond donors (Lipinski definition) is 2. The summed E-state index contributed by atoms with van der Waals surface area (Å²) in [4.78, 5) is 15.6. The normalized spacial score (nSPS) is 18.2. The molecule has 3 aromatic carbocycles. The first-order chi connectivity index (χ1) is 18.9. The number of carbonyl (C=O) groups is 1. The Morgan fingerprint density at radius 3 is 2.41 bits per heavy atom. The van der Waals surface area contributed by atoms with Crippen molar-refractivity contribution in [2.24, 2.45) is 0 Å². The highest BCUT2D eigenvalue weighted by Gasteiger charge is 2.40. The number of ether oxygens (including phenoxy) is 3. The molecule has 5 rings (SSSR count). The van der Waals surface area contributed by atoms with E-state index in [4.69, 9.17) is 25.8 Å². The molecule has 7 nitrogen and oxygen atoms in total. The summed E-state index contributed by atoms with van der Waals surface area (Å²) in [6, 6.07) is 19.6. The van der Waals surface area contributed by atoms with E-state index in [9.17, 15) is 15.0 Å². The molecule has 0 aromatic heterocycles. The van der Waals surface area contributed by atoms with Gasteiger partial charge >= 0.3 is 0 Å². The molecule has 2 aliphatic rings. The highest BCUT2D eigenvalue weighted by atomic mass is 35.5. The van der Waals surface area contributed by atoms with Crippen LogP contribution in [-0.2, 0) is 29.1 Å². The molecule has 2 N–H and O–H groups in total. The summed E-state index contributed by atoms with van der Waals surface area (Å²) >= 11 is 6.02. The van der Waals surface area contributed by atoms with E-state index >= 15 is 0 Å². The van der Waals surface area contributed by atoms with Gasteiger partial charge in [0.1, 0.15) is 6.61 Å². The van der Waals surface area contributed by atoms with Gasteiger partial charge in [0.25, 0.3) is 5.91 Å². The third-order valence-electron chi connectivity index (χ3n) is 7.58. The summed E-state index contributed by atoms with van der Waals surface area (Å²) in [5, 5.41) is 21.5. The van der Waals surface area contributed by atoms with Gasteiger partial charge in [-0.25, -0.2) is 0 Å². The standard InChI is InChI=1S/C31H34ClNO6/c1-37-27-16-13-22-18-33(30(34)28(21-7-3-2-4-8-21)39-24-9-5-6-10-24)26(31(35)36)17-25(22)29(27)38-19-20-11-14-23(32)15-12-20/h2-4,7-8,11-16,24,26,28,31,35-36H,5-6,9-10,17-19H2,1H3/t26-,28+/m0/s1. The Kier molecular flexibility index (Phi) is 8.72. The van der Waals surface area contributed by atoms with Crippen molar-refractivity contribution < 1.29 is 29.2 Å². The smallest absolute Gasteiger partial charge is 0.257 e. The Morgan fingerprint density at radius 1 is 1.03 bits per heavy atom. The third-order valence-corrected chi connectivity index (χ3v) is 7.83. The molecular formula is C31H34ClNO6. The second-order valence-electron chi connectivity index (χ2n) is 10.1. The summed E-state index contributed by atoms with van der Waals surface area (Å²) in [5.41, 5.74) is 3.34. The molecule has 0 saturated heterocycles. The van der Waals surface area contributed by atoms with E-state index in [1.165, 1.54) is 4.90 Å². The number of aliphatic hydroxyl groups excluding tert-OH is 1. The van der Waals surface area contributed by atoms with Gasteiger partial charge in [-0.1, -0.05) is 73.0 Å². The van der Waals surface area contributed by atoms with Crippen LogP contribution in [0.5, 0.6) is 11.5 Å². The third kappa shape index (κ3) is 6.23. The molecule has 39 heavy (non-hydrogen) atoms. The van der Waals surface area contributed by atoms with Gasteiger partial charge in [0.15, 0.2) is 23.9 Å². The summed E-state index contributed by atoms with van der Waals surface area (Å²) in [6.45, 7) is 0.472. The average molecular weight is 552 g/mol. The molecule has 8 heteroatoms. The van der Waals surface area contributed by atoms with Crippen LogP contribution in [0, 0.1) is 0 Å². The lowest BCUT2D eigenvalue weighted by Crippen LogP contribution is -2.52.